The highest BCUT2D eigenvalue weighted by molar-refractivity contribution is 6.00. The predicted molar refractivity (Wildman–Crippen MR) is 72.3 cm³/mol. The number of anilines is 2. The van der Waals surface area contributed by atoms with Crippen LogP contribution in [0.1, 0.15) is 31.1 Å². The van der Waals surface area contributed by atoms with E-state index < -0.39 is 5.41 Å². The first kappa shape index (κ1) is 14.0. The quantitative estimate of drug-likeness (QED) is 0.542. The van der Waals surface area contributed by atoms with E-state index in [2.05, 4.69) is 5.32 Å². The zero-order valence-electron chi connectivity index (χ0n) is 10.9. The van der Waals surface area contributed by atoms with E-state index in [4.69, 9.17) is 11.5 Å². The molecule has 5 nitrogen and oxygen atoms in total. The number of rotatable bonds is 5. The number of benzene rings is 1. The van der Waals surface area contributed by atoms with E-state index in [1.807, 2.05) is 0 Å². The van der Waals surface area contributed by atoms with Crippen LogP contribution in [0, 0.1) is 5.41 Å². The van der Waals surface area contributed by atoms with Gasteiger partial charge in [-0.1, -0.05) is 0 Å². The highest BCUT2D eigenvalue weighted by Gasteiger charge is 2.24. The Balaban J connectivity index is 2.84. The van der Waals surface area contributed by atoms with Gasteiger partial charge in [0, 0.05) is 23.5 Å². The largest absolute Gasteiger partial charge is 0.398 e. The average Bonchev–Trinajstić information content (AvgIpc) is 2.27. The molecular weight excluding hydrogens is 230 g/mol. The van der Waals surface area contributed by atoms with Crippen molar-refractivity contribution in [3.05, 3.63) is 23.8 Å². The molecule has 0 unspecified atom stereocenters. The van der Waals surface area contributed by atoms with Crippen LogP contribution < -0.4 is 16.8 Å². The number of hydrogen-bond acceptors (Lipinski definition) is 4. The van der Waals surface area contributed by atoms with Crippen LogP contribution in [-0.2, 0) is 4.79 Å². The van der Waals surface area contributed by atoms with Gasteiger partial charge in [-0.2, -0.15) is 0 Å². The van der Waals surface area contributed by atoms with Crippen molar-refractivity contribution in [1.29, 1.82) is 0 Å². The minimum atomic E-state index is -0.655. The van der Waals surface area contributed by atoms with E-state index >= 15 is 0 Å². The summed E-state index contributed by atoms with van der Waals surface area (Å²) in [4.78, 5) is 22.5. The Labute approximate surface area is 107 Å². The average molecular weight is 249 g/mol. The van der Waals surface area contributed by atoms with Crippen LogP contribution in [0.25, 0.3) is 0 Å². The van der Waals surface area contributed by atoms with E-state index in [-0.39, 0.29) is 11.7 Å². The summed E-state index contributed by atoms with van der Waals surface area (Å²) in [5.41, 5.74) is 12.0. The maximum Gasteiger partial charge on any atom is 0.224 e. The maximum absolute atomic E-state index is 11.3. The van der Waals surface area contributed by atoms with Crippen LogP contribution in [0.15, 0.2) is 18.2 Å². The number of carbonyl (C=O) groups is 2. The van der Waals surface area contributed by atoms with Gasteiger partial charge in [-0.05, 0) is 39.0 Å². The minimum Gasteiger partial charge on any atom is -0.398 e. The van der Waals surface area contributed by atoms with Crippen molar-refractivity contribution in [3.8, 4) is 0 Å². The summed E-state index contributed by atoms with van der Waals surface area (Å²) < 4.78 is 0. The lowest BCUT2D eigenvalue weighted by molar-refractivity contribution is -0.125. The lowest BCUT2D eigenvalue weighted by Gasteiger charge is -2.21. The van der Waals surface area contributed by atoms with Gasteiger partial charge >= 0.3 is 0 Å². The van der Waals surface area contributed by atoms with Crippen molar-refractivity contribution >= 4 is 23.1 Å². The standard InChI is InChI=1S/C13H19N3O2/c1-8(17)10-6-9(4-5-11(10)14)16-7-13(2,3)12(15)18/h4-6,16H,7,14H2,1-3H3,(H2,15,18). The van der Waals surface area contributed by atoms with E-state index in [0.29, 0.717) is 17.8 Å². The molecule has 0 heterocycles. The number of amides is 1. The molecule has 5 N–H and O–H groups in total. The van der Waals surface area contributed by atoms with Gasteiger partial charge in [0.15, 0.2) is 5.78 Å². The van der Waals surface area contributed by atoms with Gasteiger partial charge in [-0.25, -0.2) is 0 Å². The molecule has 0 fully saturated rings. The van der Waals surface area contributed by atoms with Gasteiger partial charge < -0.3 is 16.8 Å². The van der Waals surface area contributed by atoms with Crippen LogP contribution in [0.3, 0.4) is 0 Å². The van der Waals surface area contributed by atoms with Crippen LogP contribution in [-0.4, -0.2) is 18.2 Å². The fourth-order valence-corrected chi connectivity index (χ4v) is 1.38. The number of nitrogens with two attached hydrogens (primary N) is 2. The highest BCUT2D eigenvalue weighted by Crippen LogP contribution is 2.21. The first-order valence-electron chi connectivity index (χ1n) is 5.68. The number of nitrogens with one attached hydrogen (secondary N) is 1. The normalized spacial score (nSPS) is 11.1. The number of ketones is 1. The third-order valence-corrected chi connectivity index (χ3v) is 2.83. The molecule has 1 aromatic carbocycles. The zero-order valence-corrected chi connectivity index (χ0v) is 10.9. The lowest BCUT2D eigenvalue weighted by Crippen LogP contribution is -2.37. The van der Waals surface area contributed by atoms with Gasteiger partial charge in [0.05, 0.1) is 5.41 Å². The van der Waals surface area contributed by atoms with Gasteiger partial charge in [-0.15, -0.1) is 0 Å². The molecular formula is C13H19N3O2. The second-order valence-corrected chi connectivity index (χ2v) is 4.96. The minimum absolute atomic E-state index is 0.0923. The summed E-state index contributed by atoms with van der Waals surface area (Å²) >= 11 is 0. The molecule has 18 heavy (non-hydrogen) atoms. The molecule has 0 saturated carbocycles. The molecule has 5 heteroatoms. The number of Topliss-reactive ketones (excluding diaryl/α,β-unsaturated/α-hetero) is 1. The molecule has 1 amide bonds. The molecule has 0 aliphatic carbocycles. The van der Waals surface area contributed by atoms with Gasteiger partial charge in [0.25, 0.3) is 0 Å². The highest BCUT2D eigenvalue weighted by atomic mass is 16.1. The molecule has 0 saturated heterocycles. The van der Waals surface area contributed by atoms with Crippen LogP contribution >= 0.6 is 0 Å². The molecule has 0 aromatic heterocycles. The first-order chi connectivity index (χ1) is 8.24. The Morgan fingerprint density at radius 2 is 1.94 bits per heavy atom. The summed E-state index contributed by atoms with van der Waals surface area (Å²) in [7, 11) is 0. The lowest BCUT2D eigenvalue weighted by atomic mass is 9.92. The summed E-state index contributed by atoms with van der Waals surface area (Å²) in [5.74, 6) is -0.470. The van der Waals surface area contributed by atoms with E-state index in [1.165, 1.54) is 6.92 Å². The van der Waals surface area contributed by atoms with E-state index in [9.17, 15) is 9.59 Å². The smallest absolute Gasteiger partial charge is 0.224 e. The van der Waals surface area contributed by atoms with Gasteiger partial charge in [0.1, 0.15) is 0 Å². The zero-order chi connectivity index (χ0) is 13.9. The van der Waals surface area contributed by atoms with Crippen molar-refractivity contribution < 1.29 is 9.59 Å². The predicted octanol–water partition coefficient (Wildman–Crippen LogP) is 1.39. The third-order valence-electron chi connectivity index (χ3n) is 2.83. The Morgan fingerprint density at radius 3 is 2.44 bits per heavy atom. The molecule has 0 spiro atoms. The monoisotopic (exact) mass is 249 g/mol. The van der Waals surface area contributed by atoms with Crippen LogP contribution in [0.5, 0.6) is 0 Å². The van der Waals surface area contributed by atoms with Crippen molar-refractivity contribution in [3.63, 3.8) is 0 Å². The molecule has 98 valence electrons. The van der Waals surface area contributed by atoms with E-state index in [1.54, 1.807) is 32.0 Å². The Kier molecular flexibility index (Phi) is 3.96. The number of carbonyl (C=O) groups excluding carboxylic acids is 2. The van der Waals surface area contributed by atoms with Crippen molar-refractivity contribution in [2.24, 2.45) is 11.1 Å². The third kappa shape index (κ3) is 3.23. The maximum atomic E-state index is 11.3. The number of primary amides is 1. The summed E-state index contributed by atoms with van der Waals surface area (Å²) in [6.07, 6.45) is 0. The van der Waals surface area contributed by atoms with E-state index in [0.717, 1.165) is 5.69 Å². The Bertz CT molecular complexity index is 481. The topological polar surface area (TPSA) is 98.2 Å². The first-order valence-corrected chi connectivity index (χ1v) is 5.68. The molecule has 1 aromatic rings. The van der Waals surface area contributed by atoms with Crippen molar-refractivity contribution in [1.82, 2.24) is 0 Å². The van der Waals surface area contributed by atoms with Crippen LogP contribution in [0.4, 0.5) is 11.4 Å². The van der Waals surface area contributed by atoms with Gasteiger partial charge in [0.2, 0.25) is 5.91 Å². The summed E-state index contributed by atoms with van der Waals surface area (Å²) in [6.45, 7) is 5.36. The summed E-state index contributed by atoms with van der Waals surface area (Å²) in [5, 5.41) is 3.08. The van der Waals surface area contributed by atoms with Crippen molar-refractivity contribution in [2.75, 3.05) is 17.6 Å². The molecule has 0 atom stereocenters. The van der Waals surface area contributed by atoms with Gasteiger partial charge in [-0.3, -0.25) is 9.59 Å². The number of hydrogen-bond donors (Lipinski definition) is 3. The molecule has 0 bridgehead atoms. The SMILES string of the molecule is CC(=O)c1cc(NCC(C)(C)C(N)=O)ccc1N. The van der Waals surface area contributed by atoms with Crippen LogP contribution in [0.2, 0.25) is 0 Å². The summed E-state index contributed by atoms with van der Waals surface area (Å²) in [6, 6.07) is 5.10. The molecule has 0 radical (unpaired) electrons. The molecule has 0 aliphatic heterocycles. The molecule has 0 aliphatic rings. The number of nitrogen functional groups attached to an aromatic ring is 1. The van der Waals surface area contributed by atoms with Crippen molar-refractivity contribution in [2.45, 2.75) is 20.8 Å². The second kappa shape index (κ2) is 5.08. The Morgan fingerprint density at radius 1 is 1.33 bits per heavy atom. The fourth-order valence-electron chi connectivity index (χ4n) is 1.38. The molecule has 1 rings (SSSR count). The second-order valence-electron chi connectivity index (χ2n) is 4.96. The fraction of sp³-hybridized carbons (Fsp3) is 0.385. The Hall–Kier alpha value is -2.04.